The Kier molecular flexibility index (Phi) is 11.4. The van der Waals surface area contributed by atoms with Crippen molar-refractivity contribution in [1.82, 2.24) is 20.0 Å². The Balaban J connectivity index is 0.000000284. The monoisotopic (exact) mass is 559 g/mol. The Morgan fingerprint density at radius 2 is 2.05 bits per heavy atom. The molecule has 1 aromatic heterocycles. The van der Waals surface area contributed by atoms with Crippen molar-refractivity contribution >= 4 is 36.5 Å². The van der Waals surface area contributed by atoms with E-state index in [-0.39, 0.29) is 58.9 Å². The van der Waals surface area contributed by atoms with Crippen LogP contribution in [0, 0.1) is 5.82 Å². The Bertz CT molecular complexity index is 1140. The molecule has 208 valence electrons. The number of carbonyl (C=O) groups is 4. The van der Waals surface area contributed by atoms with E-state index in [0.717, 1.165) is 12.8 Å². The fourth-order valence-corrected chi connectivity index (χ4v) is 4.58. The number of nitrogens with zero attached hydrogens (tertiary/aromatic N) is 3. The summed E-state index contributed by atoms with van der Waals surface area (Å²) in [6, 6.07) is 1.97. The standard InChI is InChI=1S/C15H16ClFN2O4.C8H11F2N3.CH2O/c1-18-14(22)11(3-2-4-20)19-6-9-10(16)5-8(7-21)13(17)12(9)15(19)23;9-8(10)7-1-2-12-13(7)6-3-5(11)4-6;1-2/h4-5,11,21H,2-3,6-7H2,1H3,(H,18,22);1-2,5-6,8H,3-4,11H2;1H2. The summed E-state index contributed by atoms with van der Waals surface area (Å²) in [6.07, 6.45) is 1.35. The molecular weight excluding hydrogens is 531 g/mol. The van der Waals surface area contributed by atoms with Crippen molar-refractivity contribution in [2.45, 2.75) is 63.4 Å². The van der Waals surface area contributed by atoms with Crippen LogP contribution in [0.25, 0.3) is 0 Å². The van der Waals surface area contributed by atoms with Gasteiger partial charge in [-0.25, -0.2) is 13.2 Å². The first-order valence-corrected chi connectivity index (χ1v) is 11.9. The van der Waals surface area contributed by atoms with Crippen LogP contribution < -0.4 is 11.1 Å². The Morgan fingerprint density at radius 3 is 2.58 bits per heavy atom. The number of hydrogen-bond acceptors (Lipinski definition) is 7. The van der Waals surface area contributed by atoms with Gasteiger partial charge in [-0.3, -0.25) is 14.3 Å². The second-order valence-corrected chi connectivity index (χ2v) is 8.94. The number of aliphatic hydroxyl groups is 1. The molecule has 1 fully saturated rings. The molecule has 2 aromatic rings. The van der Waals surface area contributed by atoms with Gasteiger partial charge in [-0.05, 0) is 31.4 Å². The van der Waals surface area contributed by atoms with E-state index in [0.29, 0.717) is 6.29 Å². The zero-order valence-electron chi connectivity index (χ0n) is 20.6. The molecule has 0 radical (unpaired) electrons. The van der Waals surface area contributed by atoms with Gasteiger partial charge in [0.1, 0.15) is 30.6 Å². The second-order valence-electron chi connectivity index (χ2n) is 8.54. The van der Waals surface area contributed by atoms with E-state index in [4.69, 9.17) is 27.2 Å². The molecule has 4 N–H and O–H groups in total. The van der Waals surface area contributed by atoms with Crippen molar-refractivity contribution in [2.75, 3.05) is 7.05 Å². The number of alkyl halides is 2. The minimum atomic E-state index is -2.45. The molecule has 38 heavy (non-hydrogen) atoms. The molecule has 4 rings (SSSR count). The molecule has 10 nitrogen and oxygen atoms in total. The van der Waals surface area contributed by atoms with E-state index in [1.54, 1.807) is 0 Å². The minimum absolute atomic E-state index is 0.00287. The number of hydrogen-bond donors (Lipinski definition) is 3. The van der Waals surface area contributed by atoms with Gasteiger partial charge in [0.15, 0.2) is 0 Å². The number of benzene rings is 1. The minimum Gasteiger partial charge on any atom is -0.392 e. The van der Waals surface area contributed by atoms with Crippen LogP contribution >= 0.6 is 11.6 Å². The van der Waals surface area contributed by atoms with Gasteiger partial charge in [0.2, 0.25) is 5.91 Å². The lowest BCUT2D eigenvalue weighted by Gasteiger charge is -2.33. The molecule has 2 aliphatic rings. The number of halogens is 4. The second kappa shape index (κ2) is 14.0. The van der Waals surface area contributed by atoms with Gasteiger partial charge >= 0.3 is 0 Å². The topological polar surface area (TPSA) is 148 Å². The molecule has 2 heterocycles. The van der Waals surface area contributed by atoms with Crippen molar-refractivity contribution in [3.8, 4) is 0 Å². The highest BCUT2D eigenvalue weighted by Crippen LogP contribution is 2.35. The maximum atomic E-state index is 14.4. The van der Waals surface area contributed by atoms with Gasteiger partial charge < -0.3 is 30.6 Å². The largest absolute Gasteiger partial charge is 0.392 e. The third-order valence-electron chi connectivity index (χ3n) is 6.27. The predicted molar refractivity (Wildman–Crippen MR) is 131 cm³/mol. The lowest BCUT2D eigenvalue weighted by Crippen LogP contribution is -2.46. The Morgan fingerprint density at radius 1 is 1.39 bits per heavy atom. The van der Waals surface area contributed by atoms with Crippen LogP contribution in [0.2, 0.25) is 5.02 Å². The number of nitrogens with one attached hydrogen (secondary N) is 1. The summed E-state index contributed by atoms with van der Waals surface area (Å²) in [5.74, 6) is -1.94. The SMILES string of the molecule is C=O.CNC(=O)C(CCC=O)N1Cc2c(Cl)cc(CO)c(F)c2C1=O.NC1CC(n2nccc2C(F)F)C1. The molecule has 1 saturated carbocycles. The van der Waals surface area contributed by atoms with Crippen molar-refractivity contribution in [3.63, 3.8) is 0 Å². The van der Waals surface area contributed by atoms with Crippen molar-refractivity contribution in [1.29, 1.82) is 0 Å². The molecule has 1 aromatic carbocycles. The van der Waals surface area contributed by atoms with Crippen LogP contribution in [0.15, 0.2) is 18.3 Å². The number of likely N-dealkylation sites (N-methyl/N-ethyl adjacent to an activating group) is 1. The van der Waals surface area contributed by atoms with Crippen LogP contribution in [-0.4, -0.2) is 63.8 Å². The first-order chi connectivity index (χ1) is 18.1. The zero-order valence-corrected chi connectivity index (χ0v) is 21.3. The van der Waals surface area contributed by atoms with Crippen LogP contribution in [-0.2, 0) is 27.5 Å². The van der Waals surface area contributed by atoms with E-state index in [2.05, 4.69) is 10.4 Å². The third-order valence-corrected chi connectivity index (χ3v) is 6.61. The summed E-state index contributed by atoms with van der Waals surface area (Å²) >= 11 is 6.07. The number of rotatable bonds is 8. The summed E-state index contributed by atoms with van der Waals surface area (Å²) in [6.45, 7) is 1.39. The molecule has 0 spiro atoms. The number of amides is 2. The maximum Gasteiger partial charge on any atom is 0.280 e. The molecule has 1 unspecified atom stereocenters. The summed E-state index contributed by atoms with van der Waals surface area (Å²) in [5, 5.41) is 15.6. The van der Waals surface area contributed by atoms with Crippen LogP contribution in [0.4, 0.5) is 13.2 Å². The number of carbonyl (C=O) groups excluding carboxylic acids is 4. The van der Waals surface area contributed by atoms with Crippen molar-refractivity contribution in [3.05, 3.63) is 51.6 Å². The third kappa shape index (κ3) is 6.58. The average Bonchev–Trinajstić information content (AvgIpc) is 3.51. The molecule has 1 aliphatic carbocycles. The molecule has 2 amide bonds. The lowest BCUT2D eigenvalue weighted by molar-refractivity contribution is -0.125. The highest BCUT2D eigenvalue weighted by Gasteiger charge is 2.39. The van der Waals surface area contributed by atoms with Gasteiger partial charge in [-0.2, -0.15) is 5.10 Å². The number of nitrogens with two attached hydrogens (primary N) is 1. The fourth-order valence-electron chi connectivity index (χ4n) is 4.30. The zero-order chi connectivity index (χ0) is 28.6. The van der Waals surface area contributed by atoms with E-state index >= 15 is 0 Å². The highest BCUT2D eigenvalue weighted by atomic mass is 35.5. The summed E-state index contributed by atoms with van der Waals surface area (Å²) < 4.78 is 40.5. The normalized spacial score (nSPS) is 18.4. The number of aromatic nitrogens is 2. The van der Waals surface area contributed by atoms with E-state index in [1.165, 1.54) is 35.0 Å². The smallest absolute Gasteiger partial charge is 0.280 e. The lowest BCUT2D eigenvalue weighted by atomic mass is 9.87. The molecular formula is C24H29ClF3N5O5. The van der Waals surface area contributed by atoms with E-state index in [9.17, 15) is 27.6 Å². The molecule has 14 heteroatoms. The van der Waals surface area contributed by atoms with Crippen LogP contribution in [0.5, 0.6) is 0 Å². The molecule has 1 atom stereocenters. The first-order valence-electron chi connectivity index (χ1n) is 11.6. The summed E-state index contributed by atoms with van der Waals surface area (Å²) in [4.78, 5) is 44.3. The predicted octanol–water partition coefficient (Wildman–Crippen LogP) is 2.32. The highest BCUT2D eigenvalue weighted by molar-refractivity contribution is 6.32. The van der Waals surface area contributed by atoms with Gasteiger partial charge in [-0.1, -0.05) is 11.6 Å². The number of aliphatic hydroxyl groups excluding tert-OH is 1. The quantitative estimate of drug-likeness (QED) is 0.420. The molecule has 0 saturated heterocycles. The fraction of sp³-hybridized carbons (Fsp3) is 0.458. The van der Waals surface area contributed by atoms with Gasteiger partial charge in [0, 0.05) is 48.4 Å². The Hall–Kier alpha value is -3.29. The molecule has 0 bridgehead atoms. The van der Waals surface area contributed by atoms with Gasteiger partial charge in [0.25, 0.3) is 12.3 Å². The van der Waals surface area contributed by atoms with E-state index in [1.807, 2.05) is 6.79 Å². The average molecular weight is 560 g/mol. The van der Waals surface area contributed by atoms with E-state index < -0.39 is 36.7 Å². The first kappa shape index (κ1) is 30.9. The van der Waals surface area contributed by atoms with Gasteiger partial charge in [-0.15, -0.1) is 0 Å². The molecule has 1 aliphatic heterocycles. The van der Waals surface area contributed by atoms with Crippen LogP contribution in [0.1, 0.15) is 65.3 Å². The maximum absolute atomic E-state index is 14.4. The van der Waals surface area contributed by atoms with Crippen molar-refractivity contribution < 1.29 is 37.5 Å². The summed E-state index contributed by atoms with van der Waals surface area (Å²) in [5.41, 5.74) is 5.56. The van der Waals surface area contributed by atoms with Gasteiger partial charge in [0.05, 0.1) is 18.2 Å². The number of fused-ring (bicyclic) bond motifs is 1. The summed E-state index contributed by atoms with van der Waals surface area (Å²) in [7, 11) is 1.42. The van der Waals surface area contributed by atoms with Crippen LogP contribution in [0.3, 0.4) is 0 Å². The van der Waals surface area contributed by atoms with Crippen molar-refractivity contribution in [2.24, 2.45) is 5.73 Å². The number of aldehydes is 1. The Labute approximate surface area is 221 Å².